The van der Waals surface area contributed by atoms with Crippen molar-refractivity contribution < 1.29 is 19.4 Å². The van der Waals surface area contributed by atoms with Gasteiger partial charge < -0.3 is 20.9 Å². The van der Waals surface area contributed by atoms with Gasteiger partial charge in [-0.2, -0.15) is 0 Å². The molecule has 1 aliphatic heterocycles. The molecule has 2 heterocycles. The SMILES string of the molecule is NCc1cn(CC(=O)NCC2CCC(C(=O)O)O2)nn1. The zero-order valence-electron chi connectivity index (χ0n) is 10.9. The summed E-state index contributed by atoms with van der Waals surface area (Å²) in [5, 5.41) is 19.0. The first-order valence-electron chi connectivity index (χ1n) is 6.32. The van der Waals surface area contributed by atoms with Crippen LogP contribution in [-0.4, -0.2) is 50.7 Å². The van der Waals surface area contributed by atoms with Crippen LogP contribution < -0.4 is 11.1 Å². The van der Waals surface area contributed by atoms with Crippen LogP contribution in [0.2, 0.25) is 0 Å². The molecule has 2 atom stereocenters. The average Bonchev–Trinajstić information content (AvgIpc) is 3.05. The summed E-state index contributed by atoms with van der Waals surface area (Å²) in [6.07, 6.45) is 1.68. The summed E-state index contributed by atoms with van der Waals surface area (Å²) >= 11 is 0. The van der Waals surface area contributed by atoms with Crippen molar-refractivity contribution in [2.75, 3.05) is 6.54 Å². The topological polar surface area (TPSA) is 132 Å². The maximum Gasteiger partial charge on any atom is 0.332 e. The number of aliphatic carboxylic acids is 1. The van der Waals surface area contributed by atoms with Gasteiger partial charge in [-0.3, -0.25) is 4.79 Å². The number of ether oxygens (including phenoxy) is 1. The minimum atomic E-state index is -0.962. The lowest BCUT2D eigenvalue weighted by atomic mass is 10.2. The molecule has 0 radical (unpaired) electrons. The zero-order valence-corrected chi connectivity index (χ0v) is 10.9. The zero-order chi connectivity index (χ0) is 14.5. The molecule has 2 unspecified atom stereocenters. The largest absolute Gasteiger partial charge is 0.479 e. The van der Waals surface area contributed by atoms with E-state index in [2.05, 4.69) is 15.6 Å². The van der Waals surface area contributed by atoms with Gasteiger partial charge in [0.05, 0.1) is 18.0 Å². The maximum atomic E-state index is 11.7. The van der Waals surface area contributed by atoms with Gasteiger partial charge in [-0.1, -0.05) is 5.21 Å². The van der Waals surface area contributed by atoms with Crippen molar-refractivity contribution in [2.24, 2.45) is 5.73 Å². The van der Waals surface area contributed by atoms with Crippen LogP contribution in [0.3, 0.4) is 0 Å². The van der Waals surface area contributed by atoms with Crippen LogP contribution in [0.5, 0.6) is 0 Å². The molecule has 20 heavy (non-hydrogen) atoms. The van der Waals surface area contributed by atoms with E-state index < -0.39 is 12.1 Å². The number of hydrogen-bond donors (Lipinski definition) is 3. The highest BCUT2D eigenvalue weighted by atomic mass is 16.5. The molecular formula is C11H17N5O4. The molecule has 4 N–H and O–H groups in total. The van der Waals surface area contributed by atoms with Gasteiger partial charge in [0.2, 0.25) is 5.91 Å². The van der Waals surface area contributed by atoms with Crippen LogP contribution in [0.1, 0.15) is 18.5 Å². The van der Waals surface area contributed by atoms with Gasteiger partial charge in [0.1, 0.15) is 6.54 Å². The number of carboxylic acid groups (broad SMARTS) is 1. The van der Waals surface area contributed by atoms with E-state index in [0.29, 0.717) is 25.1 Å². The summed E-state index contributed by atoms with van der Waals surface area (Å²) in [7, 11) is 0. The van der Waals surface area contributed by atoms with Crippen LogP contribution in [0.25, 0.3) is 0 Å². The highest BCUT2D eigenvalue weighted by Gasteiger charge is 2.30. The highest BCUT2D eigenvalue weighted by molar-refractivity contribution is 5.75. The molecule has 0 aromatic carbocycles. The van der Waals surface area contributed by atoms with E-state index in [-0.39, 0.29) is 25.1 Å². The number of carbonyl (C=O) groups excluding carboxylic acids is 1. The third kappa shape index (κ3) is 3.75. The molecule has 1 saturated heterocycles. The van der Waals surface area contributed by atoms with Crippen molar-refractivity contribution in [1.82, 2.24) is 20.3 Å². The normalized spacial score (nSPS) is 21.9. The Bertz CT molecular complexity index is 489. The Morgan fingerprint density at radius 2 is 2.35 bits per heavy atom. The third-order valence-corrected chi connectivity index (χ3v) is 3.01. The number of aromatic nitrogens is 3. The molecule has 0 saturated carbocycles. The van der Waals surface area contributed by atoms with Crippen molar-refractivity contribution >= 4 is 11.9 Å². The molecule has 9 heteroatoms. The lowest BCUT2D eigenvalue weighted by molar-refractivity contribution is -0.149. The molecular weight excluding hydrogens is 266 g/mol. The minimum Gasteiger partial charge on any atom is -0.479 e. The van der Waals surface area contributed by atoms with Crippen molar-refractivity contribution in [1.29, 1.82) is 0 Å². The fourth-order valence-electron chi connectivity index (χ4n) is 1.98. The van der Waals surface area contributed by atoms with Crippen molar-refractivity contribution in [3.63, 3.8) is 0 Å². The van der Waals surface area contributed by atoms with E-state index in [0.717, 1.165) is 0 Å². The Kier molecular flexibility index (Phi) is 4.64. The third-order valence-electron chi connectivity index (χ3n) is 3.01. The van der Waals surface area contributed by atoms with Gasteiger partial charge in [0, 0.05) is 13.1 Å². The molecule has 1 fully saturated rings. The fraction of sp³-hybridized carbons (Fsp3) is 0.636. The van der Waals surface area contributed by atoms with Gasteiger partial charge in [0.15, 0.2) is 6.10 Å². The Morgan fingerprint density at radius 3 is 2.95 bits per heavy atom. The molecule has 1 aromatic rings. The predicted octanol–water partition coefficient (Wildman–Crippen LogP) is -1.51. The molecule has 0 spiro atoms. The lowest BCUT2D eigenvalue weighted by Crippen LogP contribution is -2.35. The maximum absolute atomic E-state index is 11.7. The summed E-state index contributed by atoms with van der Waals surface area (Å²) in [6.45, 7) is 0.608. The molecule has 2 rings (SSSR count). The minimum absolute atomic E-state index is 0.0437. The summed E-state index contributed by atoms with van der Waals surface area (Å²) < 4.78 is 6.68. The number of carboxylic acids is 1. The standard InChI is InChI=1S/C11H17N5O4/c12-3-7-5-16(15-14-7)6-10(17)13-4-8-1-2-9(20-8)11(18)19/h5,8-9H,1-4,6,12H2,(H,13,17)(H,18,19). The first-order valence-corrected chi connectivity index (χ1v) is 6.32. The van der Waals surface area contributed by atoms with Crippen molar-refractivity contribution in [3.8, 4) is 0 Å². The molecule has 0 bridgehead atoms. The van der Waals surface area contributed by atoms with Crippen LogP contribution in [0.15, 0.2) is 6.20 Å². The van der Waals surface area contributed by atoms with E-state index in [9.17, 15) is 9.59 Å². The lowest BCUT2D eigenvalue weighted by Gasteiger charge is -2.12. The summed E-state index contributed by atoms with van der Waals surface area (Å²) in [5.74, 6) is -1.20. The Balaban J connectivity index is 1.71. The highest BCUT2D eigenvalue weighted by Crippen LogP contribution is 2.19. The number of rotatable bonds is 6. The monoisotopic (exact) mass is 283 g/mol. The predicted molar refractivity (Wildman–Crippen MR) is 66.5 cm³/mol. The number of amides is 1. The van der Waals surface area contributed by atoms with E-state index >= 15 is 0 Å². The molecule has 0 aliphatic carbocycles. The quantitative estimate of drug-likeness (QED) is 0.577. The van der Waals surface area contributed by atoms with E-state index in [4.69, 9.17) is 15.6 Å². The Morgan fingerprint density at radius 1 is 1.55 bits per heavy atom. The van der Waals surface area contributed by atoms with Crippen molar-refractivity contribution in [2.45, 2.75) is 38.1 Å². The second-order valence-electron chi connectivity index (χ2n) is 4.58. The van der Waals surface area contributed by atoms with Gasteiger partial charge in [-0.05, 0) is 12.8 Å². The first-order chi connectivity index (χ1) is 9.58. The van der Waals surface area contributed by atoms with Crippen LogP contribution >= 0.6 is 0 Å². The van der Waals surface area contributed by atoms with Crippen LogP contribution in [0.4, 0.5) is 0 Å². The second-order valence-corrected chi connectivity index (χ2v) is 4.58. The summed E-state index contributed by atoms with van der Waals surface area (Å²) in [4.78, 5) is 22.4. The first kappa shape index (κ1) is 14.4. The van der Waals surface area contributed by atoms with Gasteiger partial charge in [-0.15, -0.1) is 5.10 Å². The number of hydrogen-bond acceptors (Lipinski definition) is 6. The van der Waals surface area contributed by atoms with E-state index in [1.54, 1.807) is 6.20 Å². The molecule has 1 amide bonds. The van der Waals surface area contributed by atoms with Gasteiger partial charge in [-0.25, -0.2) is 9.48 Å². The molecule has 1 aromatic heterocycles. The smallest absolute Gasteiger partial charge is 0.332 e. The number of carbonyl (C=O) groups is 2. The summed E-state index contributed by atoms with van der Waals surface area (Å²) in [6, 6.07) is 0. The number of nitrogens with one attached hydrogen (secondary N) is 1. The van der Waals surface area contributed by atoms with E-state index in [1.165, 1.54) is 4.68 Å². The summed E-state index contributed by atoms with van der Waals surface area (Å²) in [5.41, 5.74) is 6.00. The van der Waals surface area contributed by atoms with Gasteiger partial charge >= 0.3 is 5.97 Å². The van der Waals surface area contributed by atoms with Gasteiger partial charge in [0.25, 0.3) is 0 Å². The van der Waals surface area contributed by atoms with Crippen LogP contribution in [-0.2, 0) is 27.4 Å². The van der Waals surface area contributed by atoms with Crippen LogP contribution in [0, 0.1) is 0 Å². The fourth-order valence-corrected chi connectivity index (χ4v) is 1.98. The average molecular weight is 283 g/mol. The van der Waals surface area contributed by atoms with E-state index in [1.807, 2.05) is 0 Å². The number of nitrogens with zero attached hydrogens (tertiary/aromatic N) is 3. The second kappa shape index (κ2) is 6.44. The number of nitrogens with two attached hydrogens (primary N) is 1. The molecule has 9 nitrogen and oxygen atoms in total. The van der Waals surface area contributed by atoms with Crippen molar-refractivity contribution in [3.05, 3.63) is 11.9 Å². The Labute approximate surface area is 115 Å². The molecule has 110 valence electrons. The Hall–Kier alpha value is -2.00. The molecule has 1 aliphatic rings.